The normalized spacial score (nSPS) is 20.5. The topological polar surface area (TPSA) is 41.6 Å². The quantitative estimate of drug-likeness (QED) is 0.724. The molecule has 88 valence electrons. The first kappa shape index (κ1) is 12.5. The molecular weight excluding hydrogens is 192 g/mol. The van der Waals surface area contributed by atoms with Gasteiger partial charge in [-0.2, -0.15) is 0 Å². The van der Waals surface area contributed by atoms with Crippen LogP contribution in [0, 0.1) is 5.41 Å². The summed E-state index contributed by atoms with van der Waals surface area (Å²) in [5, 5.41) is 3.27. The number of likely N-dealkylation sites (N-methyl/N-ethyl adjacent to an activating group) is 1. The molecule has 0 aromatic carbocycles. The van der Waals surface area contributed by atoms with Gasteiger partial charge in [-0.05, 0) is 13.8 Å². The first-order chi connectivity index (χ1) is 6.98. The second-order valence-electron chi connectivity index (χ2n) is 4.76. The van der Waals surface area contributed by atoms with Crippen LogP contribution in [0.1, 0.15) is 20.8 Å². The summed E-state index contributed by atoms with van der Waals surface area (Å²) >= 11 is 0. The van der Waals surface area contributed by atoms with Gasteiger partial charge in [0.1, 0.15) is 0 Å². The first-order valence-corrected chi connectivity index (χ1v) is 5.54. The summed E-state index contributed by atoms with van der Waals surface area (Å²) in [6.07, 6.45) is 0. The SMILES string of the molecule is CCN(C)C(=O)C(C)NCC1(C)COC1. The van der Waals surface area contributed by atoms with Gasteiger partial charge < -0.3 is 15.0 Å². The minimum atomic E-state index is -0.104. The van der Waals surface area contributed by atoms with Crippen LogP contribution < -0.4 is 5.32 Å². The van der Waals surface area contributed by atoms with E-state index in [9.17, 15) is 4.79 Å². The van der Waals surface area contributed by atoms with Crippen molar-refractivity contribution in [1.82, 2.24) is 10.2 Å². The molecule has 15 heavy (non-hydrogen) atoms. The highest BCUT2D eigenvalue weighted by Crippen LogP contribution is 2.25. The fraction of sp³-hybridized carbons (Fsp3) is 0.909. The van der Waals surface area contributed by atoms with E-state index in [1.165, 1.54) is 0 Å². The number of carbonyl (C=O) groups is 1. The van der Waals surface area contributed by atoms with Crippen LogP contribution >= 0.6 is 0 Å². The van der Waals surface area contributed by atoms with E-state index in [2.05, 4.69) is 12.2 Å². The highest BCUT2D eigenvalue weighted by atomic mass is 16.5. The molecule has 0 aliphatic carbocycles. The summed E-state index contributed by atoms with van der Waals surface area (Å²) in [6.45, 7) is 9.26. The van der Waals surface area contributed by atoms with Gasteiger partial charge in [-0.1, -0.05) is 6.92 Å². The third-order valence-corrected chi connectivity index (χ3v) is 2.96. The van der Waals surface area contributed by atoms with Crippen molar-refractivity contribution in [3.63, 3.8) is 0 Å². The third kappa shape index (κ3) is 3.18. The zero-order valence-corrected chi connectivity index (χ0v) is 10.2. The molecule has 0 spiro atoms. The van der Waals surface area contributed by atoms with Gasteiger partial charge in [-0.15, -0.1) is 0 Å². The molecule has 0 bridgehead atoms. The first-order valence-electron chi connectivity index (χ1n) is 5.54. The summed E-state index contributed by atoms with van der Waals surface area (Å²) in [4.78, 5) is 13.5. The Morgan fingerprint density at radius 2 is 2.20 bits per heavy atom. The van der Waals surface area contributed by atoms with Crippen LogP contribution in [0.3, 0.4) is 0 Å². The lowest BCUT2D eigenvalue weighted by atomic mass is 9.88. The van der Waals surface area contributed by atoms with Crippen molar-refractivity contribution in [2.24, 2.45) is 5.41 Å². The third-order valence-electron chi connectivity index (χ3n) is 2.96. The second kappa shape index (κ2) is 4.94. The van der Waals surface area contributed by atoms with E-state index in [1.807, 2.05) is 20.9 Å². The van der Waals surface area contributed by atoms with Crippen LogP contribution in [0.4, 0.5) is 0 Å². The van der Waals surface area contributed by atoms with Crippen molar-refractivity contribution in [3.05, 3.63) is 0 Å². The summed E-state index contributed by atoms with van der Waals surface area (Å²) < 4.78 is 5.16. The molecule has 0 saturated carbocycles. The smallest absolute Gasteiger partial charge is 0.239 e. The van der Waals surface area contributed by atoms with Crippen molar-refractivity contribution >= 4 is 5.91 Å². The lowest BCUT2D eigenvalue weighted by Crippen LogP contribution is -2.52. The van der Waals surface area contributed by atoms with Gasteiger partial charge in [0.25, 0.3) is 0 Å². The predicted molar refractivity (Wildman–Crippen MR) is 59.7 cm³/mol. The molecule has 1 atom stereocenters. The average molecular weight is 214 g/mol. The average Bonchev–Trinajstić information content (AvgIpc) is 2.20. The van der Waals surface area contributed by atoms with E-state index in [0.29, 0.717) is 0 Å². The number of nitrogens with zero attached hydrogens (tertiary/aromatic N) is 1. The lowest BCUT2D eigenvalue weighted by molar-refractivity contribution is -0.133. The molecule has 1 saturated heterocycles. The summed E-state index contributed by atoms with van der Waals surface area (Å²) in [6, 6.07) is -0.104. The molecule has 1 N–H and O–H groups in total. The summed E-state index contributed by atoms with van der Waals surface area (Å²) in [5.74, 6) is 0.154. The molecule has 4 nitrogen and oxygen atoms in total. The molecule has 1 amide bonds. The Morgan fingerprint density at radius 1 is 1.60 bits per heavy atom. The fourth-order valence-electron chi connectivity index (χ4n) is 1.53. The van der Waals surface area contributed by atoms with Crippen LogP contribution in [0.25, 0.3) is 0 Å². The Hall–Kier alpha value is -0.610. The zero-order chi connectivity index (χ0) is 11.5. The monoisotopic (exact) mass is 214 g/mol. The highest BCUT2D eigenvalue weighted by molar-refractivity contribution is 5.81. The van der Waals surface area contributed by atoms with E-state index >= 15 is 0 Å². The Kier molecular flexibility index (Phi) is 4.11. The maximum Gasteiger partial charge on any atom is 0.239 e. The van der Waals surface area contributed by atoms with Gasteiger partial charge in [0.2, 0.25) is 5.91 Å². The van der Waals surface area contributed by atoms with Crippen molar-refractivity contribution in [2.45, 2.75) is 26.8 Å². The van der Waals surface area contributed by atoms with E-state index in [-0.39, 0.29) is 17.4 Å². The maximum absolute atomic E-state index is 11.7. The molecular formula is C11H22N2O2. The van der Waals surface area contributed by atoms with Crippen LogP contribution in [0.2, 0.25) is 0 Å². The van der Waals surface area contributed by atoms with Crippen molar-refractivity contribution < 1.29 is 9.53 Å². The van der Waals surface area contributed by atoms with Crippen molar-refractivity contribution in [1.29, 1.82) is 0 Å². The zero-order valence-electron chi connectivity index (χ0n) is 10.2. The maximum atomic E-state index is 11.7. The second-order valence-corrected chi connectivity index (χ2v) is 4.76. The Balaban J connectivity index is 2.28. The largest absolute Gasteiger partial charge is 0.380 e. The Morgan fingerprint density at radius 3 is 2.60 bits per heavy atom. The van der Waals surface area contributed by atoms with Crippen molar-refractivity contribution in [3.8, 4) is 0 Å². The fourth-order valence-corrected chi connectivity index (χ4v) is 1.53. The number of ether oxygens (including phenoxy) is 1. The van der Waals surface area contributed by atoms with Gasteiger partial charge in [0, 0.05) is 25.6 Å². The highest BCUT2D eigenvalue weighted by Gasteiger charge is 2.33. The van der Waals surface area contributed by atoms with Crippen LogP contribution in [0.15, 0.2) is 0 Å². The molecule has 1 unspecified atom stereocenters. The van der Waals surface area contributed by atoms with E-state index < -0.39 is 0 Å². The number of rotatable bonds is 5. The number of amides is 1. The molecule has 0 aromatic heterocycles. The van der Waals surface area contributed by atoms with E-state index in [1.54, 1.807) is 4.90 Å². The van der Waals surface area contributed by atoms with E-state index in [4.69, 9.17) is 4.74 Å². The van der Waals surface area contributed by atoms with Gasteiger partial charge in [-0.3, -0.25) is 4.79 Å². The standard InChI is InChI=1S/C11H22N2O2/c1-5-13(4)10(14)9(2)12-6-11(3)7-15-8-11/h9,12H,5-8H2,1-4H3. The minimum Gasteiger partial charge on any atom is -0.380 e. The number of hydrogen-bond acceptors (Lipinski definition) is 3. The molecule has 1 heterocycles. The van der Waals surface area contributed by atoms with Crippen LogP contribution in [0.5, 0.6) is 0 Å². The molecule has 1 fully saturated rings. The molecule has 0 radical (unpaired) electrons. The van der Waals surface area contributed by atoms with E-state index in [0.717, 1.165) is 26.3 Å². The van der Waals surface area contributed by atoms with Crippen molar-refractivity contribution in [2.75, 3.05) is 33.4 Å². The lowest BCUT2D eigenvalue weighted by Gasteiger charge is -2.39. The molecule has 4 heteroatoms. The van der Waals surface area contributed by atoms with Crippen LogP contribution in [-0.2, 0) is 9.53 Å². The molecule has 0 aromatic rings. The van der Waals surface area contributed by atoms with Crippen LogP contribution in [-0.4, -0.2) is 50.2 Å². The van der Waals surface area contributed by atoms with Gasteiger partial charge in [0.05, 0.1) is 19.3 Å². The van der Waals surface area contributed by atoms with Gasteiger partial charge >= 0.3 is 0 Å². The number of nitrogens with one attached hydrogen (secondary N) is 1. The summed E-state index contributed by atoms with van der Waals surface area (Å²) in [5.41, 5.74) is 0.222. The number of carbonyl (C=O) groups excluding carboxylic acids is 1. The molecule has 1 aliphatic rings. The predicted octanol–water partition coefficient (Wildman–Crippen LogP) is 0.479. The Labute approximate surface area is 92.0 Å². The minimum absolute atomic E-state index is 0.104. The van der Waals surface area contributed by atoms with Gasteiger partial charge in [0.15, 0.2) is 0 Å². The summed E-state index contributed by atoms with van der Waals surface area (Å²) in [7, 11) is 1.83. The Bertz CT molecular complexity index is 227. The van der Waals surface area contributed by atoms with Gasteiger partial charge in [-0.25, -0.2) is 0 Å². The molecule has 1 aliphatic heterocycles. The number of hydrogen-bond donors (Lipinski definition) is 1. The molecule has 1 rings (SSSR count).